The summed E-state index contributed by atoms with van der Waals surface area (Å²) in [6.07, 6.45) is 3.32. The van der Waals surface area contributed by atoms with Crippen LogP contribution in [0.3, 0.4) is 0 Å². The molecular formula is C12H13N7. The van der Waals surface area contributed by atoms with E-state index in [2.05, 4.69) is 30.2 Å². The second-order valence-corrected chi connectivity index (χ2v) is 4.15. The predicted octanol–water partition coefficient (Wildman–Crippen LogP) is 1.50. The molecule has 96 valence electrons. The highest BCUT2D eigenvalue weighted by Crippen LogP contribution is 2.22. The largest absolute Gasteiger partial charge is 0.368 e. The summed E-state index contributed by atoms with van der Waals surface area (Å²) in [5, 5.41) is 3.26. The topological polar surface area (TPSA) is 105 Å². The van der Waals surface area contributed by atoms with Crippen molar-refractivity contribution in [3.63, 3.8) is 0 Å². The fourth-order valence-corrected chi connectivity index (χ4v) is 1.87. The van der Waals surface area contributed by atoms with E-state index in [-0.39, 0.29) is 12.0 Å². The minimum atomic E-state index is 0.00185. The number of nitrogen functional groups attached to an aromatic ring is 1. The van der Waals surface area contributed by atoms with Crippen LogP contribution in [-0.4, -0.2) is 24.9 Å². The average Bonchev–Trinajstić information content (AvgIpc) is 2.88. The highest BCUT2D eigenvalue weighted by Gasteiger charge is 2.12. The minimum Gasteiger partial charge on any atom is -0.368 e. The Morgan fingerprint density at radius 2 is 2.16 bits per heavy atom. The number of anilines is 2. The molecule has 0 aliphatic rings. The van der Waals surface area contributed by atoms with Crippen molar-refractivity contribution in [2.75, 3.05) is 11.1 Å². The first kappa shape index (κ1) is 11.4. The molecule has 3 aromatic rings. The number of nitrogens with two attached hydrogens (primary N) is 1. The standard InChI is InChI=1S/C12H13N7/c1-7(8-4-2-3-5-14-8)17-11-9-10(16-6-15-9)18-12(13)19-11/h2-7H,1H3,(H4,13,15,16,17,18,19). The SMILES string of the molecule is CC(Nc1nc(N)nc2nc[nH]c12)c1ccccn1. The van der Waals surface area contributed by atoms with Crippen molar-refractivity contribution < 1.29 is 0 Å². The summed E-state index contributed by atoms with van der Waals surface area (Å²) in [6, 6.07) is 5.78. The molecule has 7 nitrogen and oxygen atoms in total. The van der Waals surface area contributed by atoms with Gasteiger partial charge in [-0.3, -0.25) is 4.98 Å². The lowest BCUT2D eigenvalue weighted by atomic mass is 10.2. The lowest BCUT2D eigenvalue weighted by Crippen LogP contribution is -2.11. The third-order valence-corrected chi connectivity index (χ3v) is 2.79. The summed E-state index contributed by atoms with van der Waals surface area (Å²) in [5.41, 5.74) is 7.87. The van der Waals surface area contributed by atoms with Crippen molar-refractivity contribution in [3.05, 3.63) is 36.4 Å². The second-order valence-electron chi connectivity index (χ2n) is 4.15. The molecule has 3 heterocycles. The molecule has 0 amide bonds. The lowest BCUT2D eigenvalue weighted by Gasteiger charge is -2.14. The number of aromatic nitrogens is 5. The van der Waals surface area contributed by atoms with Crippen LogP contribution in [0.15, 0.2) is 30.7 Å². The molecule has 0 aliphatic heterocycles. The van der Waals surface area contributed by atoms with Gasteiger partial charge in [0.05, 0.1) is 18.1 Å². The number of pyridine rings is 1. The van der Waals surface area contributed by atoms with Gasteiger partial charge < -0.3 is 16.0 Å². The Morgan fingerprint density at radius 1 is 1.26 bits per heavy atom. The predicted molar refractivity (Wildman–Crippen MR) is 72.4 cm³/mol. The van der Waals surface area contributed by atoms with Crippen molar-refractivity contribution in [1.82, 2.24) is 24.9 Å². The third-order valence-electron chi connectivity index (χ3n) is 2.79. The number of fused-ring (bicyclic) bond motifs is 1. The molecule has 0 spiro atoms. The van der Waals surface area contributed by atoms with Crippen molar-refractivity contribution in [1.29, 1.82) is 0 Å². The molecule has 1 unspecified atom stereocenters. The molecule has 0 aromatic carbocycles. The summed E-state index contributed by atoms with van der Waals surface area (Å²) in [5.74, 6) is 0.813. The van der Waals surface area contributed by atoms with Crippen molar-refractivity contribution >= 4 is 22.9 Å². The molecular weight excluding hydrogens is 242 g/mol. The molecule has 3 aromatic heterocycles. The van der Waals surface area contributed by atoms with Crippen LogP contribution in [0.2, 0.25) is 0 Å². The molecule has 0 saturated carbocycles. The Balaban J connectivity index is 1.95. The molecule has 4 N–H and O–H groups in total. The Kier molecular flexibility index (Phi) is 2.71. The average molecular weight is 255 g/mol. The van der Waals surface area contributed by atoms with Gasteiger partial charge in [0, 0.05) is 6.20 Å². The van der Waals surface area contributed by atoms with E-state index in [0.717, 1.165) is 11.2 Å². The molecule has 0 saturated heterocycles. The van der Waals surface area contributed by atoms with Gasteiger partial charge >= 0.3 is 0 Å². The number of imidazole rings is 1. The maximum atomic E-state index is 5.67. The molecule has 1 atom stereocenters. The van der Waals surface area contributed by atoms with Crippen LogP contribution in [-0.2, 0) is 0 Å². The zero-order chi connectivity index (χ0) is 13.2. The fraction of sp³-hybridized carbons (Fsp3) is 0.167. The van der Waals surface area contributed by atoms with E-state index in [4.69, 9.17) is 5.73 Å². The summed E-state index contributed by atoms with van der Waals surface area (Å²) < 4.78 is 0. The molecule has 19 heavy (non-hydrogen) atoms. The van der Waals surface area contributed by atoms with Gasteiger partial charge in [-0.2, -0.15) is 9.97 Å². The van der Waals surface area contributed by atoms with E-state index in [0.29, 0.717) is 11.5 Å². The molecule has 0 aliphatic carbocycles. The van der Waals surface area contributed by atoms with Gasteiger partial charge in [-0.15, -0.1) is 0 Å². The first-order valence-corrected chi connectivity index (χ1v) is 5.88. The minimum absolute atomic E-state index is 0.00185. The van der Waals surface area contributed by atoms with Crippen molar-refractivity contribution in [2.45, 2.75) is 13.0 Å². The van der Waals surface area contributed by atoms with Gasteiger partial charge in [0.2, 0.25) is 5.95 Å². The van der Waals surface area contributed by atoms with Crippen molar-refractivity contribution in [3.8, 4) is 0 Å². The van der Waals surface area contributed by atoms with E-state index < -0.39 is 0 Å². The molecule has 0 radical (unpaired) electrons. The zero-order valence-electron chi connectivity index (χ0n) is 10.3. The van der Waals surface area contributed by atoms with Gasteiger partial charge in [0.15, 0.2) is 11.5 Å². The van der Waals surface area contributed by atoms with Gasteiger partial charge in [0.1, 0.15) is 5.52 Å². The lowest BCUT2D eigenvalue weighted by molar-refractivity contribution is 0.833. The Labute approximate surface area is 109 Å². The van der Waals surface area contributed by atoms with Crippen LogP contribution in [0.4, 0.5) is 11.8 Å². The number of H-pyrrole nitrogens is 1. The van der Waals surface area contributed by atoms with Crippen LogP contribution < -0.4 is 11.1 Å². The number of aromatic amines is 1. The first-order chi connectivity index (χ1) is 9.24. The first-order valence-electron chi connectivity index (χ1n) is 5.88. The fourth-order valence-electron chi connectivity index (χ4n) is 1.87. The van der Waals surface area contributed by atoms with Crippen LogP contribution >= 0.6 is 0 Å². The molecule has 0 bridgehead atoms. The van der Waals surface area contributed by atoms with Crippen LogP contribution in [0.1, 0.15) is 18.7 Å². The highest BCUT2D eigenvalue weighted by molar-refractivity contribution is 5.83. The summed E-state index contributed by atoms with van der Waals surface area (Å²) in [7, 11) is 0. The maximum Gasteiger partial charge on any atom is 0.224 e. The Hall–Kier alpha value is -2.70. The molecule has 3 rings (SSSR count). The number of nitrogens with one attached hydrogen (secondary N) is 2. The number of nitrogens with zero attached hydrogens (tertiary/aromatic N) is 4. The quantitative estimate of drug-likeness (QED) is 0.655. The smallest absolute Gasteiger partial charge is 0.224 e. The Bertz CT molecular complexity index is 692. The number of hydrogen-bond donors (Lipinski definition) is 3. The summed E-state index contributed by atoms with van der Waals surface area (Å²) >= 11 is 0. The van der Waals surface area contributed by atoms with Crippen LogP contribution in [0.25, 0.3) is 11.2 Å². The van der Waals surface area contributed by atoms with Crippen LogP contribution in [0.5, 0.6) is 0 Å². The van der Waals surface area contributed by atoms with Crippen molar-refractivity contribution in [2.24, 2.45) is 0 Å². The van der Waals surface area contributed by atoms with E-state index >= 15 is 0 Å². The van der Waals surface area contributed by atoms with E-state index in [9.17, 15) is 0 Å². The maximum absolute atomic E-state index is 5.67. The van der Waals surface area contributed by atoms with E-state index in [1.165, 1.54) is 0 Å². The molecule has 7 heteroatoms. The van der Waals surface area contributed by atoms with E-state index in [1.54, 1.807) is 12.5 Å². The zero-order valence-corrected chi connectivity index (χ0v) is 10.3. The second kappa shape index (κ2) is 4.52. The highest BCUT2D eigenvalue weighted by atomic mass is 15.1. The van der Waals surface area contributed by atoms with Gasteiger partial charge in [-0.05, 0) is 19.1 Å². The molecule has 0 fully saturated rings. The van der Waals surface area contributed by atoms with Gasteiger partial charge in [0.25, 0.3) is 0 Å². The summed E-state index contributed by atoms with van der Waals surface area (Å²) in [4.78, 5) is 19.6. The normalized spacial score (nSPS) is 12.5. The van der Waals surface area contributed by atoms with Gasteiger partial charge in [-0.25, -0.2) is 4.98 Å². The van der Waals surface area contributed by atoms with Gasteiger partial charge in [-0.1, -0.05) is 6.07 Å². The Morgan fingerprint density at radius 3 is 2.95 bits per heavy atom. The summed E-state index contributed by atoms with van der Waals surface area (Å²) in [6.45, 7) is 2.00. The van der Waals surface area contributed by atoms with Crippen LogP contribution in [0, 0.1) is 0 Å². The monoisotopic (exact) mass is 255 g/mol. The number of hydrogen-bond acceptors (Lipinski definition) is 6. The third kappa shape index (κ3) is 2.17. The number of rotatable bonds is 3. The van der Waals surface area contributed by atoms with E-state index in [1.807, 2.05) is 25.1 Å².